The zero-order chi connectivity index (χ0) is 18.0. The van der Waals surface area contributed by atoms with Crippen LogP contribution in [0.4, 0.5) is 4.39 Å². The van der Waals surface area contributed by atoms with Gasteiger partial charge in [0.2, 0.25) is 0 Å². The molecule has 1 heterocycles. The van der Waals surface area contributed by atoms with Crippen molar-refractivity contribution in [1.29, 1.82) is 0 Å². The average Bonchev–Trinajstić information content (AvgIpc) is 2.57. The third-order valence-corrected chi connectivity index (χ3v) is 4.28. The van der Waals surface area contributed by atoms with Crippen LogP contribution in [0.5, 0.6) is 0 Å². The Morgan fingerprint density at radius 1 is 1.12 bits per heavy atom. The summed E-state index contributed by atoms with van der Waals surface area (Å²) in [5.74, 6) is -0.260. The molecule has 2 aromatic carbocycles. The van der Waals surface area contributed by atoms with Gasteiger partial charge < -0.3 is 0 Å². The summed E-state index contributed by atoms with van der Waals surface area (Å²) in [5, 5.41) is 9.12. The van der Waals surface area contributed by atoms with E-state index in [1.165, 1.54) is 16.8 Å². The fourth-order valence-electron chi connectivity index (χ4n) is 3.00. The Morgan fingerprint density at radius 3 is 2.48 bits per heavy atom. The van der Waals surface area contributed by atoms with Crippen LogP contribution in [0.15, 0.2) is 59.5 Å². The molecule has 5 heteroatoms. The lowest BCUT2D eigenvalue weighted by Gasteiger charge is -2.32. The molecule has 1 aromatic heterocycles. The van der Waals surface area contributed by atoms with Crippen LogP contribution in [0.3, 0.4) is 0 Å². The van der Waals surface area contributed by atoms with E-state index in [-0.39, 0.29) is 29.5 Å². The molecule has 0 aliphatic carbocycles. The van der Waals surface area contributed by atoms with Gasteiger partial charge in [-0.3, -0.25) is 10.1 Å². The number of nitrogens with zero attached hydrogens (tertiary/aromatic N) is 2. The average molecular weight is 339 g/mol. The maximum atomic E-state index is 13.2. The van der Waals surface area contributed by atoms with Gasteiger partial charge in [-0.25, -0.2) is 9.07 Å². The van der Waals surface area contributed by atoms with Crippen molar-refractivity contribution in [1.82, 2.24) is 15.1 Å². The van der Waals surface area contributed by atoms with Crippen LogP contribution < -0.4 is 10.9 Å². The van der Waals surface area contributed by atoms with E-state index in [2.05, 4.69) is 31.2 Å². The van der Waals surface area contributed by atoms with E-state index < -0.39 is 0 Å². The van der Waals surface area contributed by atoms with Crippen molar-refractivity contribution in [2.24, 2.45) is 5.41 Å². The molecule has 0 aliphatic rings. The monoisotopic (exact) mass is 339 g/mol. The Hall–Kier alpha value is -2.53. The molecule has 0 saturated heterocycles. The number of halogens is 1. The molecule has 1 unspecified atom stereocenters. The van der Waals surface area contributed by atoms with Gasteiger partial charge in [-0.2, -0.15) is 5.10 Å². The molecule has 0 spiro atoms. The second-order valence-corrected chi connectivity index (χ2v) is 7.25. The number of nitrogens with one attached hydrogen (secondary N) is 1. The van der Waals surface area contributed by atoms with Crippen molar-refractivity contribution in [3.8, 4) is 0 Å². The third-order valence-electron chi connectivity index (χ3n) is 4.28. The minimum Gasteiger partial charge on any atom is -0.291 e. The maximum absolute atomic E-state index is 13.2. The van der Waals surface area contributed by atoms with Gasteiger partial charge in [-0.15, -0.1) is 0 Å². The van der Waals surface area contributed by atoms with E-state index >= 15 is 0 Å². The summed E-state index contributed by atoms with van der Waals surface area (Å²) in [4.78, 5) is 12.6. The lowest BCUT2D eigenvalue weighted by atomic mass is 9.82. The van der Waals surface area contributed by atoms with Gasteiger partial charge in [0.15, 0.2) is 0 Å². The topological polar surface area (TPSA) is 46.9 Å². The normalized spacial score (nSPS) is 13.1. The Balaban J connectivity index is 1.88. The number of hydrogen-bond donors (Lipinski definition) is 1. The second kappa shape index (κ2) is 6.76. The molecule has 130 valence electrons. The number of aromatic nitrogens is 2. The second-order valence-electron chi connectivity index (χ2n) is 7.25. The molecule has 0 amide bonds. The summed E-state index contributed by atoms with van der Waals surface area (Å²) in [6.07, 6.45) is 1.70. The van der Waals surface area contributed by atoms with Crippen LogP contribution in [0, 0.1) is 11.2 Å². The fourth-order valence-corrected chi connectivity index (χ4v) is 3.00. The lowest BCUT2D eigenvalue weighted by molar-refractivity contribution is 0.250. The van der Waals surface area contributed by atoms with Crippen molar-refractivity contribution >= 4 is 10.8 Å². The Morgan fingerprint density at radius 2 is 1.80 bits per heavy atom. The van der Waals surface area contributed by atoms with E-state index in [1.54, 1.807) is 24.4 Å². The standard InChI is InChI=1S/C20H22FN3O/c1-20(2,3)18(14-8-10-16(21)11-9-14)22-13-24-19(25)17-7-5-4-6-15(17)12-23-24/h4-12,18,22H,13H2,1-3H3. The highest BCUT2D eigenvalue weighted by molar-refractivity contribution is 5.80. The molecule has 0 radical (unpaired) electrons. The molecule has 1 atom stereocenters. The van der Waals surface area contributed by atoms with Gasteiger partial charge in [0.1, 0.15) is 5.82 Å². The van der Waals surface area contributed by atoms with Crippen LogP contribution in [-0.2, 0) is 6.67 Å². The van der Waals surface area contributed by atoms with Crippen molar-refractivity contribution in [2.75, 3.05) is 0 Å². The number of benzene rings is 2. The Bertz CT molecular complexity index is 926. The van der Waals surface area contributed by atoms with E-state index in [0.29, 0.717) is 5.39 Å². The highest BCUT2D eigenvalue weighted by atomic mass is 19.1. The van der Waals surface area contributed by atoms with Gasteiger partial charge in [0.25, 0.3) is 5.56 Å². The van der Waals surface area contributed by atoms with Gasteiger partial charge >= 0.3 is 0 Å². The molecule has 0 fully saturated rings. The van der Waals surface area contributed by atoms with Crippen LogP contribution in [0.2, 0.25) is 0 Å². The summed E-state index contributed by atoms with van der Waals surface area (Å²) in [7, 11) is 0. The van der Waals surface area contributed by atoms with Crippen molar-refractivity contribution in [3.05, 3.63) is 76.5 Å². The molecule has 3 rings (SSSR count). The van der Waals surface area contributed by atoms with Crippen LogP contribution in [0.25, 0.3) is 10.8 Å². The summed E-state index contributed by atoms with van der Waals surface area (Å²) < 4.78 is 14.6. The Kier molecular flexibility index (Phi) is 4.68. The summed E-state index contributed by atoms with van der Waals surface area (Å²) >= 11 is 0. The van der Waals surface area contributed by atoms with Crippen molar-refractivity contribution in [3.63, 3.8) is 0 Å². The van der Waals surface area contributed by atoms with Gasteiger partial charge in [0, 0.05) is 11.4 Å². The quantitative estimate of drug-likeness (QED) is 0.785. The Labute approximate surface area is 146 Å². The smallest absolute Gasteiger partial charge is 0.275 e. The van der Waals surface area contributed by atoms with Crippen LogP contribution in [-0.4, -0.2) is 9.78 Å². The number of hydrogen-bond acceptors (Lipinski definition) is 3. The first kappa shape index (κ1) is 17.3. The highest BCUT2D eigenvalue weighted by Crippen LogP contribution is 2.32. The summed E-state index contributed by atoms with van der Waals surface area (Å²) in [6, 6.07) is 13.8. The third kappa shape index (κ3) is 3.77. The zero-order valence-electron chi connectivity index (χ0n) is 14.7. The number of rotatable bonds is 4. The van der Waals surface area contributed by atoms with Gasteiger partial charge in [-0.05, 0) is 29.2 Å². The molecular formula is C20H22FN3O. The highest BCUT2D eigenvalue weighted by Gasteiger charge is 2.26. The molecule has 1 N–H and O–H groups in total. The van der Waals surface area contributed by atoms with E-state index in [0.717, 1.165) is 10.9 Å². The molecule has 0 bridgehead atoms. The van der Waals surface area contributed by atoms with Crippen molar-refractivity contribution in [2.45, 2.75) is 33.5 Å². The molecule has 25 heavy (non-hydrogen) atoms. The van der Waals surface area contributed by atoms with Gasteiger partial charge in [0.05, 0.1) is 18.3 Å². The first-order chi connectivity index (χ1) is 11.9. The van der Waals surface area contributed by atoms with E-state index in [1.807, 2.05) is 18.2 Å². The molecule has 4 nitrogen and oxygen atoms in total. The lowest BCUT2D eigenvalue weighted by Crippen LogP contribution is -2.37. The fraction of sp³-hybridized carbons (Fsp3) is 0.300. The molecule has 0 saturated carbocycles. The van der Waals surface area contributed by atoms with Crippen LogP contribution >= 0.6 is 0 Å². The van der Waals surface area contributed by atoms with E-state index in [9.17, 15) is 9.18 Å². The van der Waals surface area contributed by atoms with Gasteiger partial charge in [-0.1, -0.05) is 51.1 Å². The summed E-state index contributed by atoms with van der Waals surface area (Å²) in [5.41, 5.74) is 0.735. The summed E-state index contributed by atoms with van der Waals surface area (Å²) in [6.45, 7) is 6.59. The van der Waals surface area contributed by atoms with E-state index in [4.69, 9.17) is 0 Å². The predicted molar refractivity (Wildman–Crippen MR) is 97.7 cm³/mol. The van der Waals surface area contributed by atoms with Crippen LogP contribution in [0.1, 0.15) is 32.4 Å². The largest absolute Gasteiger partial charge is 0.291 e. The SMILES string of the molecule is CC(C)(C)C(NCn1ncc2ccccc2c1=O)c1ccc(F)cc1. The minimum absolute atomic E-state index is 0.0479. The molecule has 0 aliphatic heterocycles. The first-order valence-corrected chi connectivity index (χ1v) is 8.30. The molecule has 3 aromatic rings. The molecular weight excluding hydrogens is 317 g/mol. The first-order valence-electron chi connectivity index (χ1n) is 8.30. The predicted octanol–water partition coefficient (Wildman–Crippen LogP) is 3.87. The van der Waals surface area contributed by atoms with Crippen molar-refractivity contribution < 1.29 is 4.39 Å². The maximum Gasteiger partial charge on any atom is 0.275 e. The zero-order valence-corrected chi connectivity index (χ0v) is 14.7. The minimum atomic E-state index is -0.260. The number of fused-ring (bicyclic) bond motifs is 1.